The van der Waals surface area contributed by atoms with Crippen LogP contribution in [0, 0.1) is 0 Å². The summed E-state index contributed by atoms with van der Waals surface area (Å²) in [6.45, 7) is 3.84. The van der Waals surface area contributed by atoms with Gasteiger partial charge in [-0.3, -0.25) is 4.79 Å². The summed E-state index contributed by atoms with van der Waals surface area (Å²) in [7, 11) is 4.10. The minimum Gasteiger partial charge on any atom is -0.395 e. The van der Waals surface area contributed by atoms with Crippen LogP contribution in [-0.4, -0.2) is 71.5 Å². The molecule has 0 radical (unpaired) electrons. The summed E-state index contributed by atoms with van der Waals surface area (Å²) in [5, 5.41) is 20.3. The number of anilines is 1. The van der Waals surface area contributed by atoms with Gasteiger partial charge in [-0.05, 0) is 57.8 Å². The van der Waals surface area contributed by atoms with Crippen molar-refractivity contribution in [2.24, 2.45) is 4.99 Å². The van der Waals surface area contributed by atoms with Crippen molar-refractivity contribution in [3.05, 3.63) is 47.8 Å². The Labute approximate surface area is 170 Å². The number of carbonyl (C=O) groups is 1. The first kappa shape index (κ1) is 20.8. The van der Waals surface area contributed by atoms with Crippen molar-refractivity contribution in [2.45, 2.75) is 13.3 Å². The molecule has 0 aromatic carbocycles. The highest BCUT2D eigenvalue weighted by Crippen LogP contribution is 2.31. The average molecular weight is 396 g/mol. The molecule has 2 heterocycles. The molecule has 3 N–H and O–H groups in total. The Hall–Kier alpha value is -2.97. The highest BCUT2D eigenvalue weighted by Gasteiger charge is 2.18. The fraction of sp³-hybridized carbons (Fsp3) is 0.381. The predicted octanol–water partition coefficient (Wildman–Crippen LogP) is 1.77. The van der Waals surface area contributed by atoms with Gasteiger partial charge in [-0.25, -0.2) is 9.51 Å². The lowest BCUT2D eigenvalue weighted by Crippen LogP contribution is -2.26. The highest BCUT2D eigenvalue weighted by molar-refractivity contribution is 6.22. The smallest absolute Gasteiger partial charge is 0.183 e. The number of hydrogen-bond donors (Lipinski definition) is 3. The number of nitrogens with zero attached hydrogens (tertiary/aromatic N) is 4. The number of ketones is 1. The van der Waals surface area contributed by atoms with E-state index in [4.69, 9.17) is 10.1 Å². The van der Waals surface area contributed by atoms with Gasteiger partial charge in [0.25, 0.3) is 0 Å². The van der Waals surface area contributed by atoms with Crippen LogP contribution in [0.1, 0.15) is 13.3 Å². The number of allylic oxidation sites excluding steroid dienone is 3. The summed E-state index contributed by atoms with van der Waals surface area (Å²) in [6, 6.07) is 5.83. The minimum absolute atomic E-state index is 0.0309. The van der Waals surface area contributed by atoms with Crippen molar-refractivity contribution >= 4 is 28.5 Å². The molecule has 1 aliphatic rings. The van der Waals surface area contributed by atoms with E-state index in [1.165, 1.54) is 6.08 Å². The molecule has 2 aromatic heterocycles. The van der Waals surface area contributed by atoms with E-state index in [0.29, 0.717) is 29.3 Å². The zero-order valence-electron chi connectivity index (χ0n) is 17.1. The number of rotatable bonds is 9. The van der Waals surface area contributed by atoms with Gasteiger partial charge >= 0.3 is 0 Å². The van der Waals surface area contributed by atoms with Gasteiger partial charge < -0.3 is 20.6 Å². The van der Waals surface area contributed by atoms with Crippen molar-refractivity contribution < 1.29 is 9.90 Å². The molecule has 0 saturated carbocycles. The zero-order chi connectivity index (χ0) is 20.8. The summed E-state index contributed by atoms with van der Waals surface area (Å²) >= 11 is 0. The number of hydrogen-bond acceptors (Lipinski definition) is 7. The van der Waals surface area contributed by atoms with Gasteiger partial charge in [0.2, 0.25) is 0 Å². The van der Waals surface area contributed by atoms with E-state index in [9.17, 15) is 4.79 Å². The van der Waals surface area contributed by atoms with Crippen LogP contribution in [-0.2, 0) is 4.79 Å². The first-order valence-electron chi connectivity index (χ1n) is 9.73. The van der Waals surface area contributed by atoms with Crippen molar-refractivity contribution in [2.75, 3.05) is 45.7 Å². The van der Waals surface area contributed by atoms with E-state index in [-0.39, 0.29) is 12.4 Å². The van der Waals surface area contributed by atoms with Gasteiger partial charge in [-0.2, -0.15) is 0 Å². The fourth-order valence-corrected chi connectivity index (χ4v) is 3.03. The Bertz CT molecular complexity index is 971. The molecule has 0 amide bonds. The number of nitrogens with one attached hydrogen (secondary N) is 2. The fourth-order valence-electron chi connectivity index (χ4n) is 3.03. The van der Waals surface area contributed by atoms with Gasteiger partial charge in [0, 0.05) is 25.4 Å². The third kappa shape index (κ3) is 5.10. The molecule has 0 unspecified atom stereocenters. The number of fused-ring (bicyclic) bond motifs is 1. The largest absolute Gasteiger partial charge is 0.395 e. The molecule has 0 atom stereocenters. The Kier molecular flexibility index (Phi) is 6.79. The number of aromatic nitrogens is 2. The molecule has 0 aliphatic heterocycles. The second kappa shape index (κ2) is 9.49. The van der Waals surface area contributed by atoms with Gasteiger partial charge in [-0.1, -0.05) is 6.07 Å². The zero-order valence-corrected chi connectivity index (χ0v) is 17.1. The quantitative estimate of drug-likeness (QED) is 0.442. The van der Waals surface area contributed by atoms with Crippen LogP contribution in [0.2, 0.25) is 0 Å². The van der Waals surface area contributed by atoms with E-state index in [0.717, 1.165) is 30.7 Å². The van der Waals surface area contributed by atoms with E-state index < -0.39 is 0 Å². The monoisotopic (exact) mass is 396 g/mol. The molecule has 0 saturated heterocycles. The van der Waals surface area contributed by atoms with Crippen molar-refractivity contribution in [1.82, 2.24) is 19.8 Å². The van der Waals surface area contributed by atoms with Gasteiger partial charge in [0.15, 0.2) is 11.6 Å². The predicted molar refractivity (Wildman–Crippen MR) is 116 cm³/mol. The molecule has 8 heteroatoms. The second-order valence-corrected chi connectivity index (χ2v) is 7.21. The molecule has 8 nitrogen and oxygen atoms in total. The molecule has 154 valence electrons. The number of aliphatic hydroxyl groups is 1. The van der Waals surface area contributed by atoms with Crippen molar-refractivity contribution in [3.8, 4) is 0 Å². The molecule has 2 aromatic rings. The first-order chi connectivity index (χ1) is 14.0. The SMILES string of the molecule is CC1=C/C(=N\c2c(NCCCN(C)C)nn3ccccc23)C(NCCO)=CC1=O. The summed E-state index contributed by atoms with van der Waals surface area (Å²) < 4.78 is 1.79. The molecular weight excluding hydrogens is 368 g/mol. The van der Waals surface area contributed by atoms with E-state index in [1.54, 1.807) is 17.5 Å². The summed E-state index contributed by atoms with van der Waals surface area (Å²) in [4.78, 5) is 19.1. The van der Waals surface area contributed by atoms with Crippen LogP contribution in [0.25, 0.3) is 5.52 Å². The first-order valence-corrected chi connectivity index (χ1v) is 9.73. The van der Waals surface area contributed by atoms with Crippen LogP contribution in [0.3, 0.4) is 0 Å². The molecule has 1 aliphatic carbocycles. The lowest BCUT2D eigenvalue weighted by Gasteiger charge is -2.15. The van der Waals surface area contributed by atoms with Crippen molar-refractivity contribution in [3.63, 3.8) is 0 Å². The standard InChI is InChI=1S/C21H28N6O2/c1-15-13-17(16(14-19(15)29)22-9-12-28)24-20-18-7-4-5-11-27(18)25-21(20)23-8-6-10-26(2)3/h4-5,7,11,13-14,22,28H,6,8-10,12H2,1-3H3,(H,23,25)/b24-17+. The van der Waals surface area contributed by atoms with E-state index >= 15 is 0 Å². The van der Waals surface area contributed by atoms with Crippen LogP contribution in [0.15, 0.2) is 52.8 Å². The number of aliphatic hydroxyl groups excluding tert-OH is 1. The lowest BCUT2D eigenvalue weighted by atomic mass is 10.0. The van der Waals surface area contributed by atoms with Gasteiger partial charge in [-0.15, -0.1) is 5.10 Å². The Morgan fingerprint density at radius 2 is 2.03 bits per heavy atom. The lowest BCUT2D eigenvalue weighted by molar-refractivity contribution is -0.111. The summed E-state index contributed by atoms with van der Waals surface area (Å²) in [6.07, 6.45) is 6.16. The maximum atomic E-state index is 12.1. The normalized spacial score (nSPS) is 15.8. The highest BCUT2D eigenvalue weighted by atomic mass is 16.3. The molecule has 0 spiro atoms. The van der Waals surface area contributed by atoms with Crippen LogP contribution < -0.4 is 10.6 Å². The Balaban J connectivity index is 1.97. The third-order valence-electron chi connectivity index (χ3n) is 4.54. The third-order valence-corrected chi connectivity index (χ3v) is 4.54. The number of aliphatic imine (C=N–C) groups is 1. The van der Waals surface area contributed by atoms with Gasteiger partial charge in [0.05, 0.1) is 23.5 Å². The Morgan fingerprint density at radius 1 is 1.21 bits per heavy atom. The van der Waals surface area contributed by atoms with Crippen LogP contribution in [0.5, 0.6) is 0 Å². The van der Waals surface area contributed by atoms with Gasteiger partial charge in [0.1, 0.15) is 5.69 Å². The molecule has 3 rings (SSSR count). The maximum Gasteiger partial charge on any atom is 0.183 e. The topological polar surface area (TPSA) is 94.3 Å². The number of carbonyl (C=O) groups excluding carboxylic acids is 1. The summed E-state index contributed by atoms with van der Waals surface area (Å²) in [5.41, 5.74) is 3.46. The maximum absolute atomic E-state index is 12.1. The molecule has 29 heavy (non-hydrogen) atoms. The average Bonchev–Trinajstić information content (AvgIpc) is 3.04. The van der Waals surface area contributed by atoms with Crippen molar-refractivity contribution in [1.29, 1.82) is 0 Å². The number of pyridine rings is 1. The second-order valence-electron chi connectivity index (χ2n) is 7.21. The molecule has 0 bridgehead atoms. The van der Waals surface area contributed by atoms with E-state index in [2.05, 4.69) is 34.7 Å². The summed E-state index contributed by atoms with van der Waals surface area (Å²) in [5.74, 6) is 0.637. The van der Waals surface area contributed by atoms with Crippen LogP contribution >= 0.6 is 0 Å². The van der Waals surface area contributed by atoms with Crippen LogP contribution in [0.4, 0.5) is 11.5 Å². The Morgan fingerprint density at radius 3 is 2.79 bits per heavy atom. The molecular formula is C21H28N6O2. The van der Waals surface area contributed by atoms with E-state index in [1.807, 2.05) is 24.4 Å². The molecule has 0 fully saturated rings. The minimum atomic E-state index is -0.0636.